The topological polar surface area (TPSA) is 29.1 Å². The minimum absolute atomic E-state index is 0.0200. The Morgan fingerprint density at radius 2 is 2.11 bits per heavy atom. The van der Waals surface area contributed by atoms with Crippen molar-refractivity contribution in [1.29, 1.82) is 0 Å². The number of unbranched alkanes of at least 4 members (excludes halogenated alkanes) is 1. The van der Waals surface area contributed by atoms with E-state index in [-0.39, 0.29) is 5.56 Å². The fraction of sp³-hybridized carbons (Fsp3) is 0.308. The Morgan fingerprint density at radius 1 is 1.42 bits per heavy atom. The Hall–Kier alpha value is -1.30. The Labute approximate surface area is 117 Å². The predicted octanol–water partition coefficient (Wildman–Crippen LogP) is 4.16. The van der Waals surface area contributed by atoms with Crippen LogP contribution in [0.3, 0.4) is 0 Å². The number of nitrogens with one attached hydrogen (secondary N) is 1. The molecule has 0 aliphatic heterocycles. The van der Waals surface area contributed by atoms with Gasteiger partial charge >= 0.3 is 6.18 Å². The Kier molecular flexibility index (Phi) is 5.60. The molecule has 0 heterocycles. The highest BCUT2D eigenvalue weighted by atomic mass is 79.9. The quantitative estimate of drug-likeness (QED) is 0.635. The molecule has 1 rings (SSSR count). The zero-order valence-corrected chi connectivity index (χ0v) is 11.6. The number of rotatable bonds is 5. The summed E-state index contributed by atoms with van der Waals surface area (Å²) in [6, 6.07) is 2.99. The number of benzene rings is 1. The maximum Gasteiger partial charge on any atom is 0.416 e. The van der Waals surface area contributed by atoms with Gasteiger partial charge in [0.05, 0.1) is 11.1 Å². The van der Waals surface area contributed by atoms with Gasteiger partial charge in [-0.25, -0.2) is 0 Å². The smallest absolute Gasteiger partial charge is 0.352 e. The van der Waals surface area contributed by atoms with Crippen molar-refractivity contribution >= 4 is 21.8 Å². The van der Waals surface area contributed by atoms with Crippen molar-refractivity contribution in [2.75, 3.05) is 6.54 Å². The molecule has 2 nitrogen and oxygen atoms in total. The van der Waals surface area contributed by atoms with Crippen LogP contribution < -0.4 is 5.32 Å². The SMILES string of the molecule is C=CCCCNC(=O)c1cc(C(F)(F)F)ccc1Br. The summed E-state index contributed by atoms with van der Waals surface area (Å²) in [5.41, 5.74) is -0.861. The molecule has 1 aromatic carbocycles. The van der Waals surface area contributed by atoms with E-state index in [4.69, 9.17) is 0 Å². The van der Waals surface area contributed by atoms with Crippen molar-refractivity contribution in [3.8, 4) is 0 Å². The molecule has 6 heteroatoms. The average molecular weight is 336 g/mol. The highest BCUT2D eigenvalue weighted by Crippen LogP contribution is 2.31. The molecule has 1 N–H and O–H groups in total. The third-order valence-electron chi connectivity index (χ3n) is 2.41. The van der Waals surface area contributed by atoms with E-state index in [0.29, 0.717) is 17.4 Å². The van der Waals surface area contributed by atoms with Crippen LogP contribution in [0.4, 0.5) is 13.2 Å². The van der Waals surface area contributed by atoms with Crippen molar-refractivity contribution in [3.05, 3.63) is 46.5 Å². The Bertz CT molecular complexity index is 471. The molecule has 0 saturated carbocycles. The number of carbonyl (C=O) groups excluding carboxylic acids is 1. The van der Waals surface area contributed by atoms with Gasteiger partial charge in [-0.05, 0) is 47.0 Å². The molecule has 0 saturated heterocycles. The zero-order chi connectivity index (χ0) is 14.5. The highest BCUT2D eigenvalue weighted by molar-refractivity contribution is 9.10. The lowest BCUT2D eigenvalue weighted by atomic mass is 10.1. The molecular formula is C13H13BrF3NO. The van der Waals surface area contributed by atoms with Crippen molar-refractivity contribution < 1.29 is 18.0 Å². The van der Waals surface area contributed by atoms with Crippen molar-refractivity contribution in [2.24, 2.45) is 0 Å². The monoisotopic (exact) mass is 335 g/mol. The zero-order valence-electron chi connectivity index (χ0n) is 10.1. The maximum absolute atomic E-state index is 12.6. The van der Waals surface area contributed by atoms with E-state index >= 15 is 0 Å². The summed E-state index contributed by atoms with van der Waals surface area (Å²) in [5, 5.41) is 2.57. The molecule has 0 bridgehead atoms. The minimum Gasteiger partial charge on any atom is -0.352 e. The third kappa shape index (κ3) is 4.70. The Balaban J connectivity index is 2.81. The second-order valence-electron chi connectivity index (χ2n) is 3.88. The summed E-state index contributed by atoms with van der Waals surface area (Å²) >= 11 is 3.08. The van der Waals surface area contributed by atoms with Crippen LogP contribution in [0.2, 0.25) is 0 Å². The van der Waals surface area contributed by atoms with E-state index < -0.39 is 17.6 Å². The van der Waals surface area contributed by atoms with E-state index in [9.17, 15) is 18.0 Å². The summed E-state index contributed by atoms with van der Waals surface area (Å²) in [6.45, 7) is 3.94. The summed E-state index contributed by atoms with van der Waals surface area (Å²) < 4.78 is 38.0. The first kappa shape index (κ1) is 15.8. The molecule has 104 valence electrons. The normalized spacial score (nSPS) is 11.2. The van der Waals surface area contributed by atoms with Gasteiger partial charge in [0.1, 0.15) is 0 Å². The van der Waals surface area contributed by atoms with E-state index in [1.807, 2.05) is 0 Å². The fourth-order valence-corrected chi connectivity index (χ4v) is 1.85. The molecule has 19 heavy (non-hydrogen) atoms. The lowest BCUT2D eigenvalue weighted by Gasteiger charge is -2.10. The molecule has 1 amide bonds. The summed E-state index contributed by atoms with van der Waals surface area (Å²) in [4.78, 5) is 11.8. The Morgan fingerprint density at radius 3 is 2.68 bits per heavy atom. The number of halogens is 4. The van der Waals surface area contributed by atoms with E-state index in [1.54, 1.807) is 6.08 Å². The van der Waals surface area contributed by atoms with Crippen LogP contribution in [0, 0.1) is 0 Å². The van der Waals surface area contributed by atoms with Crippen molar-refractivity contribution in [2.45, 2.75) is 19.0 Å². The standard InChI is InChI=1S/C13H13BrF3NO/c1-2-3-4-7-18-12(19)10-8-9(13(15,16)17)5-6-11(10)14/h2,5-6,8H,1,3-4,7H2,(H,18,19). The summed E-state index contributed by atoms with van der Waals surface area (Å²) in [5.74, 6) is -0.526. The first-order chi connectivity index (χ1) is 8.86. The molecule has 0 unspecified atom stereocenters. The summed E-state index contributed by atoms with van der Waals surface area (Å²) in [6.07, 6.45) is -1.30. The van der Waals surface area contributed by atoms with Crippen LogP contribution in [-0.4, -0.2) is 12.5 Å². The molecule has 0 fully saturated rings. The van der Waals surface area contributed by atoms with Crippen molar-refractivity contribution in [3.63, 3.8) is 0 Å². The summed E-state index contributed by atoms with van der Waals surface area (Å²) in [7, 11) is 0. The number of hydrogen-bond donors (Lipinski definition) is 1. The molecule has 1 aromatic rings. The molecule has 0 radical (unpaired) electrons. The van der Waals surface area contributed by atoms with Gasteiger partial charge in [0.15, 0.2) is 0 Å². The molecule has 0 aliphatic rings. The second kappa shape index (κ2) is 6.75. The molecular weight excluding hydrogens is 323 g/mol. The van der Waals surface area contributed by atoms with Crippen molar-refractivity contribution in [1.82, 2.24) is 5.32 Å². The van der Waals surface area contributed by atoms with Crippen LogP contribution >= 0.6 is 15.9 Å². The van der Waals surface area contributed by atoms with E-state index in [0.717, 1.165) is 18.6 Å². The van der Waals surface area contributed by atoms with Gasteiger partial charge in [0.2, 0.25) is 0 Å². The van der Waals surface area contributed by atoms with E-state index in [2.05, 4.69) is 27.8 Å². The predicted molar refractivity (Wildman–Crippen MR) is 70.9 cm³/mol. The number of allylic oxidation sites excluding steroid dienone is 1. The van der Waals surface area contributed by atoms with Gasteiger partial charge in [-0.1, -0.05) is 6.08 Å². The van der Waals surface area contributed by atoms with Crippen LogP contribution in [-0.2, 0) is 6.18 Å². The number of alkyl halides is 3. The van der Waals surface area contributed by atoms with E-state index in [1.165, 1.54) is 6.07 Å². The first-order valence-corrected chi connectivity index (χ1v) is 6.41. The van der Waals surface area contributed by atoms with Gasteiger partial charge < -0.3 is 5.32 Å². The van der Waals surface area contributed by atoms with Crippen LogP contribution in [0.15, 0.2) is 35.3 Å². The molecule has 0 aliphatic carbocycles. The fourth-order valence-electron chi connectivity index (χ4n) is 1.42. The minimum atomic E-state index is -4.46. The largest absolute Gasteiger partial charge is 0.416 e. The van der Waals surface area contributed by atoms with Crippen LogP contribution in [0.25, 0.3) is 0 Å². The van der Waals surface area contributed by atoms with Gasteiger partial charge in [0.25, 0.3) is 5.91 Å². The first-order valence-electron chi connectivity index (χ1n) is 5.62. The average Bonchev–Trinajstić information content (AvgIpc) is 2.33. The van der Waals surface area contributed by atoms with Crippen LogP contribution in [0.5, 0.6) is 0 Å². The lowest BCUT2D eigenvalue weighted by molar-refractivity contribution is -0.137. The van der Waals surface area contributed by atoms with Gasteiger partial charge in [-0.3, -0.25) is 4.79 Å². The number of hydrogen-bond acceptors (Lipinski definition) is 1. The lowest BCUT2D eigenvalue weighted by Crippen LogP contribution is -2.25. The van der Waals surface area contributed by atoms with Gasteiger partial charge in [-0.2, -0.15) is 13.2 Å². The number of carbonyl (C=O) groups is 1. The molecule has 0 atom stereocenters. The maximum atomic E-state index is 12.6. The highest BCUT2D eigenvalue weighted by Gasteiger charge is 2.31. The van der Waals surface area contributed by atoms with Crippen LogP contribution in [0.1, 0.15) is 28.8 Å². The second-order valence-corrected chi connectivity index (χ2v) is 4.73. The number of amides is 1. The third-order valence-corrected chi connectivity index (χ3v) is 3.10. The molecule has 0 spiro atoms. The van der Waals surface area contributed by atoms with Gasteiger partial charge in [-0.15, -0.1) is 6.58 Å². The van der Waals surface area contributed by atoms with Gasteiger partial charge in [0, 0.05) is 11.0 Å². The molecule has 0 aromatic heterocycles.